The quantitative estimate of drug-likeness (QED) is 0.0998. The molecule has 19 heteroatoms. The minimum absolute atomic E-state index is 0.0669. The molecule has 10 atom stereocenters. The van der Waals surface area contributed by atoms with Crippen LogP contribution in [-0.4, -0.2) is 117 Å². The van der Waals surface area contributed by atoms with E-state index in [-0.39, 0.29) is 11.3 Å². The number of phenolic OH excluding ortho intramolecular Hbond substituents is 3. The van der Waals surface area contributed by atoms with Crippen LogP contribution in [0.3, 0.4) is 0 Å². The van der Waals surface area contributed by atoms with Gasteiger partial charge in [-0.3, -0.25) is 19.2 Å². The molecule has 0 radical (unpaired) electrons. The summed E-state index contributed by atoms with van der Waals surface area (Å²) in [5.74, 6) is -6.36. The van der Waals surface area contributed by atoms with Crippen molar-refractivity contribution >= 4 is 28.9 Å². The van der Waals surface area contributed by atoms with Gasteiger partial charge in [-0.25, -0.2) is 0 Å². The van der Waals surface area contributed by atoms with E-state index in [4.69, 9.17) is 42.3 Å². The first-order valence-corrected chi connectivity index (χ1v) is 16.1. The van der Waals surface area contributed by atoms with Gasteiger partial charge in [0.25, 0.3) is 0 Å². The summed E-state index contributed by atoms with van der Waals surface area (Å²) < 4.78 is 50.1. The third-order valence-corrected chi connectivity index (χ3v) is 8.39. The average Bonchev–Trinajstić information content (AvgIpc) is 3.07. The highest BCUT2D eigenvalue weighted by Crippen LogP contribution is 2.46. The van der Waals surface area contributed by atoms with Gasteiger partial charge in [0.1, 0.15) is 29.3 Å². The molecule has 6 N–H and O–H groups in total. The predicted octanol–water partition coefficient (Wildman–Crippen LogP) is 0.710. The second-order valence-corrected chi connectivity index (χ2v) is 12.3. The average molecular weight is 751 g/mol. The highest BCUT2D eigenvalue weighted by atomic mass is 16.7. The van der Waals surface area contributed by atoms with Gasteiger partial charge in [-0.1, -0.05) is 0 Å². The van der Waals surface area contributed by atoms with Crippen molar-refractivity contribution in [2.24, 2.45) is 0 Å². The van der Waals surface area contributed by atoms with Crippen molar-refractivity contribution in [3.63, 3.8) is 0 Å². The van der Waals surface area contributed by atoms with Crippen LogP contribution in [0.5, 0.6) is 34.5 Å². The van der Waals surface area contributed by atoms with Crippen LogP contribution in [0.15, 0.2) is 33.5 Å². The second-order valence-electron chi connectivity index (χ2n) is 12.3. The van der Waals surface area contributed by atoms with E-state index in [9.17, 15) is 49.8 Å². The Kier molecular flexibility index (Phi) is 11.2. The molecule has 0 bridgehead atoms. The fourth-order valence-corrected chi connectivity index (χ4v) is 5.98. The van der Waals surface area contributed by atoms with Crippen molar-refractivity contribution in [3.8, 4) is 45.8 Å². The van der Waals surface area contributed by atoms with Crippen LogP contribution in [0.1, 0.15) is 34.6 Å². The van der Waals surface area contributed by atoms with Gasteiger partial charge in [-0.2, -0.15) is 0 Å². The SMILES string of the molecule is COc1c(O[C@@H]2O[C@@H](C)[C@H](OC(C)=O)[C@H](O)[C@@H]2OC(C)=O)cc2oc(-c3ccc(O)c(O)c3)c(O[C@@H]3O[C@@H](C)[C@H](OC(C)=O)[C@H](O)[C@@H]3O)c(=O)c2c1O. The zero-order chi connectivity index (χ0) is 39.0. The molecule has 0 aliphatic carbocycles. The first-order chi connectivity index (χ1) is 24.9. The Morgan fingerprint density at radius 2 is 1.26 bits per heavy atom. The zero-order valence-corrected chi connectivity index (χ0v) is 29.1. The van der Waals surface area contributed by atoms with Crippen molar-refractivity contribution < 1.29 is 87.3 Å². The molecule has 1 aromatic heterocycles. The monoisotopic (exact) mass is 750 g/mol. The molecule has 3 heterocycles. The Morgan fingerprint density at radius 3 is 1.83 bits per heavy atom. The summed E-state index contributed by atoms with van der Waals surface area (Å²) in [6, 6.07) is 4.42. The maximum absolute atomic E-state index is 14.2. The minimum Gasteiger partial charge on any atom is -0.504 e. The maximum Gasteiger partial charge on any atom is 0.303 e. The van der Waals surface area contributed by atoms with Crippen molar-refractivity contribution in [1.82, 2.24) is 0 Å². The topological polar surface area (TPSA) is 277 Å². The number of aliphatic hydroxyl groups excluding tert-OH is 3. The Labute approximate surface area is 299 Å². The van der Waals surface area contributed by atoms with Crippen molar-refractivity contribution in [2.75, 3.05) is 7.11 Å². The molecule has 53 heavy (non-hydrogen) atoms. The van der Waals surface area contributed by atoms with Gasteiger partial charge in [-0.15, -0.1) is 0 Å². The molecule has 3 aromatic rings. The Morgan fingerprint density at radius 1 is 0.698 bits per heavy atom. The number of aliphatic hydroxyl groups is 3. The second kappa shape index (κ2) is 15.3. The molecule has 2 saturated heterocycles. The molecule has 2 aromatic carbocycles. The highest BCUT2D eigenvalue weighted by molar-refractivity contribution is 5.91. The van der Waals surface area contributed by atoms with Gasteiger partial charge >= 0.3 is 17.9 Å². The number of methoxy groups -OCH3 is 1. The van der Waals surface area contributed by atoms with Crippen molar-refractivity contribution in [3.05, 3.63) is 34.5 Å². The summed E-state index contributed by atoms with van der Waals surface area (Å²) in [7, 11) is 1.12. The van der Waals surface area contributed by atoms with Crippen molar-refractivity contribution in [2.45, 2.75) is 96.0 Å². The van der Waals surface area contributed by atoms with Gasteiger partial charge in [0.05, 0.1) is 19.3 Å². The van der Waals surface area contributed by atoms with Gasteiger partial charge in [0, 0.05) is 32.4 Å². The molecule has 0 spiro atoms. The zero-order valence-electron chi connectivity index (χ0n) is 29.1. The Bertz CT molecular complexity index is 1940. The van der Waals surface area contributed by atoms with Crippen LogP contribution in [0.2, 0.25) is 0 Å². The molecule has 2 aliphatic rings. The number of hydrogen-bond donors (Lipinski definition) is 6. The molecule has 0 saturated carbocycles. The molecular formula is C34H38O19. The molecule has 288 valence electrons. The first-order valence-electron chi connectivity index (χ1n) is 16.1. The predicted molar refractivity (Wildman–Crippen MR) is 174 cm³/mol. The Hall–Kier alpha value is -5.34. The molecule has 0 amide bonds. The molecular weight excluding hydrogens is 712 g/mol. The first kappa shape index (κ1) is 38.9. The summed E-state index contributed by atoms with van der Waals surface area (Å²) in [4.78, 5) is 49.5. The number of rotatable bonds is 9. The highest BCUT2D eigenvalue weighted by Gasteiger charge is 2.50. The fraction of sp³-hybridized carbons (Fsp3) is 0.471. The third kappa shape index (κ3) is 7.74. The van der Waals surface area contributed by atoms with Gasteiger partial charge in [-0.05, 0) is 32.0 Å². The van der Waals surface area contributed by atoms with E-state index in [1.807, 2.05) is 0 Å². The normalized spacial score (nSPS) is 28.5. The number of esters is 3. The number of phenols is 3. The lowest BCUT2D eigenvalue weighted by Crippen LogP contribution is -2.60. The van der Waals surface area contributed by atoms with Crippen LogP contribution in [-0.2, 0) is 38.1 Å². The molecule has 0 unspecified atom stereocenters. The third-order valence-electron chi connectivity index (χ3n) is 8.39. The van der Waals surface area contributed by atoms with Crippen molar-refractivity contribution in [1.29, 1.82) is 0 Å². The summed E-state index contributed by atoms with van der Waals surface area (Å²) in [6.07, 6.45) is -14.9. The largest absolute Gasteiger partial charge is 0.504 e. The van der Waals surface area contributed by atoms with Gasteiger partial charge < -0.3 is 73.0 Å². The molecule has 2 aliphatic heterocycles. The van der Waals surface area contributed by atoms with Crippen LogP contribution < -0.4 is 19.6 Å². The summed E-state index contributed by atoms with van der Waals surface area (Å²) >= 11 is 0. The van der Waals surface area contributed by atoms with E-state index in [2.05, 4.69) is 0 Å². The van der Waals surface area contributed by atoms with E-state index in [0.29, 0.717) is 0 Å². The number of benzene rings is 2. The number of ether oxygens (including phenoxy) is 8. The molecule has 5 rings (SSSR count). The lowest BCUT2D eigenvalue weighted by atomic mass is 9.99. The van der Waals surface area contributed by atoms with E-state index in [1.165, 1.54) is 19.9 Å². The van der Waals surface area contributed by atoms with Crippen LogP contribution >= 0.6 is 0 Å². The van der Waals surface area contributed by atoms with Gasteiger partial charge in [0.15, 0.2) is 47.1 Å². The van der Waals surface area contributed by atoms with Crippen LogP contribution in [0.25, 0.3) is 22.3 Å². The fourth-order valence-electron chi connectivity index (χ4n) is 5.98. The molecule has 2 fully saturated rings. The van der Waals surface area contributed by atoms with E-state index in [1.54, 1.807) is 0 Å². The van der Waals surface area contributed by atoms with E-state index in [0.717, 1.165) is 46.1 Å². The smallest absolute Gasteiger partial charge is 0.303 e. The lowest BCUT2D eigenvalue weighted by molar-refractivity contribution is -0.277. The number of carbonyl (C=O) groups excluding carboxylic acids is 3. The standard InChI is InChI=1S/C34H38O19/c1-11-27(48-13(3)35)24(42)25(43)33(46-11)53-31-23(41)21-19(51-29(31)16-7-8-17(38)18(39)9-16)10-20(30(45-6)22(21)40)52-34-32(50-15(5)37)26(44)28(12(2)47-34)49-14(4)36/h7-12,24-28,32-34,38-40,42-44H,1-6H3/t11-,12-,24+,25-,26-,27-,28-,32-,33-,34-/m0/s1. The number of hydrogen-bond acceptors (Lipinski definition) is 19. The van der Waals surface area contributed by atoms with Gasteiger partial charge in [0.2, 0.25) is 29.5 Å². The number of aromatic hydroxyl groups is 3. The molecule has 19 nitrogen and oxygen atoms in total. The van der Waals surface area contributed by atoms with E-state index < -0.39 is 130 Å². The maximum atomic E-state index is 14.2. The summed E-state index contributed by atoms with van der Waals surface area (Å²) in [6.45, 7) is 6.13. The van der Waals surface area contributed by atoms with Crippen LogP contribution in [0, 0.1) is 0 Å². The number of carbonyl (C=O) groups is 3. The summed E-state index contributed by atoms with van der Waals surface area (Å²) in [5, 5.41) is 63.7. The van der Waals surface area contributed by atoms with E-state index >= 15 is 0 Å². The number of fused-ring (bicyclic) bond motifs is 1. The Balaban J connectivity index is 1.63. The minimum atomic E-state index is -1.90. The summed E-state index contributed by atoms with van der Waals surface area (Å²) in [5.41, 5.74) is -1.54. The van der Waals surface area contributed by atoms with Crippen LogP contribution in [0.4, 0.5) is 0 Å². The lowest BCUT2D eigenvalue weighted by Gasteiger charge is -2.41.